The van der Waals surface area contributed by atoms with Gasteiger partial charge in [-0.05, 0) is 24.6 Å². The number of halogens is 2. The predicted molar refractivity (Wildman–Crippen MR) is 71.6 cm³/mol. The van der Waals surface area contributed by atoms with Crippen molar-refractivity contribution in [1.82, 2.24) is 9.78 Å². The molecule has 2 aromatic rings. The molecule has 19 heavy (non-hydrogen) atoms. The highest BCUT2D eigenvalue weighted by atomic mass is 35.5. The molecular formula is C13H15ClFN3O. The second kappa shape index (κ2) is 5.59. The molecular weight excluding hydrogens is 269 g/mol. The highest BCUT2D eigenvalue weighted by Crippen LogP contribution is 2.23. The van der Waals surface area contributed by atoms with Crippen LogP contribution >= 0.6 is 11.6 Å². The lowest BCUT2D eigenvalue weighted by atomic mass is 10.2. The lowest BCUT2D eigenvalue weighted by Gasteiger charge is -2.09. The summed E-state index contributed by atoms with van der Waals surface area (Å²) < 4.78 is 20.8. The van der Waals surface area contributed by atoms with Crippen LogP contribution < -0.4 is 10.5 Å². The zero-order valence-electron chi connectivity index (χ0n) is 10.8. The van der Waals surface area contributed by atoms with Gasteiger partial charge in [-0.15, -0.1) is 0 Å². The molecule has 6 heteroatoms. The van der Waals surface area contributed by atoms with Crippen molar-refractivity contribution in [2.45, 2.75) is 20.1 Å². The van der Waals surface area contributed by atoms with Crippen LogP contribution in [0.5, 0.6) is 5.75 Å². The van der Waals surface area contributed by atoms with E-state index in [4.69, 9.17) is 22.1 Å². The van der Waals surface area contributed by atoms with Crippen molar-refractivity contribution < 1.29 is 9.13 Å². The molecule has 2 rings (SSSR count). The Hall–Kier alpha value is -1.59. The average molecular weight is 284 g/mol. The Morgan fingerprint density at radius 1 is 1.47 bits per heavy atom. The standard InChI is InChI=1S/C13H15ClFN3O/c1-8-13(14)11(18(2)17-8)7-19-12-4-3-9(6-16)5-10(12)15/h3-5H,6-7,16H2,1-2H3. The first-order valence-electron chi connectivity index (χ1n) is 5.82. The van der Waals surface area contributed by atoms with Crippen molar-refractivity contribution in [3.63, 3.8) is 0 Å². The minimum Gasteiger partial charge on any atom is -0.484 e. The average Bonchev–Trinajstić information content (AvgIpc) is 2.62. The van der Waals surface area contributed by atoms with E-state index < -0.39 is 5.82 Å². The minimum absolute atomic E-state index is 0.162. The quantitative estimate of drug-likeness (QED) is 0.938. The van der Waals surface area contributed by atoms with E-state index in [1.807, 2.05) is 6.92 Å². The van der Waals surface area contributed by atoms with E-state index in [1.165, 1.54) is 6.07 Å². The van der Waals surface area contributed by atoms with Crippen molar-refractivity contribution in [2.75, 3.05) is 0 Å². The monoisotopic (exact) mass is 283 g/mol. The van der Waals surface area contributed by atoms with Gasteiger partial charge in [-0.3, -0.25) is 4.68 Å². The molecule has 0 saturated heterocycles. The maximum Gasteiger partial charge on any atom is 0.165 e. The molecule has 0 unspecified atom stereocenters. The molecule has 0 saturated carbocycles. The highest BCUT2D eigenvalue weighted by molar-refractivity contribution is 6.31. The van der Waals surface area contributed by atoms with E-state index in [1.54, 1.807) is 23.9 Å². The summed E-state index contributed by atoms with van der Waals surface area (Å²) in [5, 5.41) is 4.71. The smallest absolute Gasteiger partial charge is 0.165 e. The van der Waals surface area contributed by atoms with E-state index in [0.29, 0.717) is 17.3 Å². The second-order valence-corrected chi connectivity index (χ2v) is 4.61. The summed E-state index contributed by atoms with van der Waals surface area (Å²) >= 11 is 6.09. The van der Waals surface area contributed by atoms with Gasteiger partial charge >= 0.3 is 0 Å². The van der Waals surface area contributed by atoms with Crippen molar-refractivity contribution >= 4 is 11.6 Å². The van der Waals surface area contributed by atoms with Gasteiger partial charge in [-0.25, -0.2) is 4.39 Å². The topological polar surface area (TPSA) is 53.1 Å². The van der Waals surface area contributed by atoms with Crippen LogP contribution in [0.2, 0.25) is 5.02 Å². The Morgan fingerprint density at radius 2 is 2.21 bits per heavy atom. The summed E-state index contributed by atoms with van der Waals surface area (Å²) in [5.74, 6) is -0.259. The molecule has 0 aliphatic rings. The predicted octanol–water partition coefficient (Wildman–Crippen LogP) is 2.56. The third kappa shape index (κ3) is 2.88. The van der Waals surface area contributed by atoms with E-state index in [0.717, 1.165) is 11.3 Å². The van der Waals surface area contributed by atoms with Crippen molar-refractivity contribution in [2.24, 2.45) is 12.8 Å². The highest BCUT2D eigenvalue weighted by Gasteiger charge is 2.12. The number of nitrogens with zero attached hydrogens (tertiary/aromatic N) is 2. The third-order valence-electron chi connectivity index (χ3n) is 2.86. The molecule has 0 spiro atoms. The minimum atomic E-state index is -0.432. The van der Waals surface area contributed by atoms with Gasteiger partial charge in [0, 0.05) is 13.6 Å². The SMILES string of the molecule is Cc1nn(C)c(COc2ccc(CN)cc2F)c1Cl. The lowest BCUT2D eigenvalue weighted by molar-refractivity contribution is 0.280. The van der Waals surface area contributed by atoms with Gasteiger partial charge in [-0.1, -0.05) is 17.7 Å². The Bertz CT molecular complexity index is 598. The van der Waals surface area contributed by atoms with Crippen molar-refractivity contribution in [1.29, 1.82) is 0 Å². The summed E-state index contributed by atoms with van der Waals surface area (Å²) in [4.78, 5) is 0. The Balaban J connectivity index is 2.14. The Morgan fingerprint density at radius 3 is 2.74 bits per heavy atom. The fourth-order valence-electron chi connectivity index (χ4n) is 1.77. The molecule has 1 heterocycles. The van der Waals surface area contributed by atoms with E-state index in [2.05, 4.69) is 5.10 Å². The van der Waals surface area contributed by atoms with Crippen LogP contribution in [0.3, 0.4) is 0 Å². The van der Waals surface area contributed by atoms with Crippen LogP contribution in [0.1, 0.15) is 17.0 Å². The van der Waals surface area contributed by atoms with Gasteiger partial charge in [0.1, 0.15) is 6.61 Å². The third-order valence-corrected chi connectivity index (χ3v) is 3.35. The fraction of sp³-hybridized carbons (Fsp3) is 0.308. The van der Waals surface area contributed by atoms with E-state index in [9.17, 15) is 4.39 Å². The molecule has 0 aliphatic carbocycles. The number of nitrogens with two attached hydrogens (primary N) is 1. The van der Waals surface area contributed by atoms with E-state index in [-0.39, 0.29) is 12.4 Å². The number of aromatic nitrogens is 2. The molecule has 0 bridgehead atoms. The Labute approximate surface area is 115 Å². The maximum absolute atomic E-state index is 13.7. The molecule has 0 atom stereocenters. The van der Waals surface area contributed by atoms with Gasteiger partial charge < -0.3 is 10.5 Å². The second-order valence-electron chi connectivity index (χ2n) is 4.23. The first kappa shape index (κ1) is 13.8. The number of rotatable bonds is 4. The van der Waals surface area contributed by atoms with E-state index >= 15 is 0 Å². The van der Waals surface area contributed by atoms with Crippen LogP contribution in [-0.2, 0) is 20.2 Å². The molecule has 1 aromatic heterocycles. The largest absolute Gasteiger partial charge is 0.484 e. The first-order chi connectivity index (χ1) is 9.02. The normalized spacial score (nSPS) is 10.8. The van der Waals surface area contributed by atoms with Crippen molar-refractivity contribution in [3.05, 3.63) is 46.0 Å². The molecule has 102 valence electrons. The molecule has 4 nitrogen and oxygen atoms in total. The molecule has 0 amide bonds. The zero-order valence-corrected chi connectivity index (χ0v) is 11.5. The van der Waals surface area contributed by atoms with Gasteiger partial charge in [-0.2, -0.15) is 5.10 Å². The van der Waals surface area contributed by atoms with Gasteiger partial charge in [0.15, 0.2) is 11.6 Å². The number of hydrogen-bond acceptors (Lipinski definition) is 3. The van der Waals surface area contributed by atoms with Crippen LogP contribution in [-0.4, -0.2) is 9.78 Å². The molecule has 0 radical (unpaired) electrons. The number of ether oxygens (including phenoxy) is 1. The van der Waals surface area contributed by atoms with Gasteiger partial charge in [0.05, 0.1) is 16.4 Å². The van der Waals surface area contributed by atoms with Crippen LogP contribution in [0.15, 0.2) is 18.2 Å². The molecule has 0 fully saturated rings. The summed E-state index contributed by atoms with van der Waals surface area (Å²) in [6.07, 6.45) is 0. The first-order valence-corrected chi connectivity index (χ1v) is 6.20. The van der Waals surface area contributed by atoms with Crippen LogP contribution in [0.4, 0.5) is 4.39 Å². The zero-order chi connectivity index (χ0) is 14.0. The summed E-state index contributed by atoms with van der Waals surface area (Å²) in [6, 6.07) is 4.66. The fourth-order valence-corrected chi connectivity index (χ4v) is 1.99. The van der Waals surface area contributed by atoms with Gasteiger partial charge in [0.2, 0.25) is 0 Å². The van der Waals surface area contributed by atoms with Crippen LogP contribution in [0.25, 0.3) is 0 Å². The Kier molecular flexibility index (Phi) is 4.07. The van der Waals surface area contributed by atoms with Crippen LogP contribution in [0, 0.1) is 12.7 Å². The van der Waals surface area contributed by atoms with Gasteiger partial charge in [0.25, 0.3) is 0 Å². The summed E-state index contributed by atoms with van der Waals surface area (Å²) in [7, 11) is 1.77. The maximum atomic E-state index is 13.7. The van der Waals surface area contributed by atoms with Crippen molar-refractivity contribution in [3.8, 4) is 5.75 Å². The summed E-state index contributed by atoms with van der Waals surface area (Å²) in [6.45, 7) is 2.27. The number of hydrogen-bond donors (Lipinski definition) is 1. The molecule has 0 aliphatic heterocycles. The molecule has 1 aromatic carbocycles. The number of aryl methyl sites for hydroxylation is 2. The molecule has 2 N–H and O–H groups in total. The number of benzene rings is 1. The summed E-state index contributed by atoms with van der Waals surface area (Å²) in [5.41, 5.74) is 7.59. The lowest BCUT2D eigenvalue weighted by Crippen LogP contribution is -2.05.